The smallest absolute Gasteiger partial charge is 0.316 e. The van der Waals surface area contributed by atoms with E-state index in [2.05, 4.69) is 47.9 Å². The zero-order valence-electron chi connectivity index (χ0n) is 13.8. The lowest BCUT2D eigenvalue weighted by Crippen LogP contribution is -2.43. The molecule has 20 heavy (non-hydrogen) atoms. The second-order valence-electron chi connectivity index (χ2n) is 6.29. The Morgan fingerprint density at radius 3 is 2.50 bits per heavy atom. The molecule has 5 heteroatoms. The molecule has 1 N–H and O–H groups in total. The highest BCUT2D eigenvalue weighted by Crippen LogP contribution is 2.14. The van der Waals surface area contributed by atoms with E-state index >= 15 is 0 Å². The summed E-state index contributed by atoms with van der Waals surface area (Å²) in [4.78, 5) is 10.8. The fourth-order valence-corrected chi connectivity index (χ4v) is 1.40. The van der Waals surface area contributed by atoms with E-state index in [1.807, 2.05) is 27.2 Å². The van der Waals surface area contributed by atoms with Crippen molar-refractivity contribution in [2.75, 3.05) is 20.7 Å². The molecule has 114 valence electrons. The van der Waals surface area contributed by atoms with Crippen LogP contribution in [0, 0.1) is 6.92 Å². The van der Waals surface area contributed by atoms with E-state index < -0.39 is 0 Å². The number of likely N-dealkylation sites (N-methyl/N-ethyl adjacent to an activating group) is 1. The maximum absolute atomic E-state index is 5.71. The van der Waals surface area contributed by atoms with Crippen LogP contribution in [0.1, 0.15) is 39.0 Å². The highest BCUT2D eigenvalue weighted by Gasteiger charge is 2.22. The molecule has 0 spiro atoms. The van der Waals surface area contributed by atoms with Gasteiger partial charge >= 0.3 is 6.01 Å². The summed E-state index contributed by atoms with van der Waals surface area (Å²) in [6.07, 6.45) is 1.84. The number of aromatic nitrogens is 2. The Kier molecular flexibility index (Phi) is 5.89. The molecule has 1 aromatic rings. The topological polar surface area (TPSA) is 50.3 Å². The summed E-state index contributed by atoms with van der Waals surface area (Å²) in [5.74, 6) is 0. The number of nitrogens with zero attached hydrogens (tertiary/aromatic N) is 3. The second-order valence-corrected chi connectivity index (χ2v) is 6.29. The zero-order chi connectivity index (χ0) is 15.3. The largest absolute Gasteiger partial charge is 0.462 e. The predicted molar refractivity (Wildman–Crippen MR) is 82.0 cm³/mol. The van der Waals surface area contributed by atoms with Crippen LogP contribution < -0.4 is 10.1 Å². The first kappa shape index (κ1) is 16.9. The van der Waals surface area contributed by atoms with Crippen LogP contribution in [-0.4, -0.2) is 47.2 Å². The minimum absolute atomic E-state index is 0.0465. The van der Waals surface area contributed by atoms with Crippen LogP contribution in [0.3, 0.4) is 0 Å². The molecular weight excluding hydrogens is 252 g/mol. The van der Waals surface area contributed by atoms with Crippen LogP contribution >= 0.6 is 0 Å². The Morgan fingerprint density at radius 1 is 1.35 bits per heavy atom. The number of hydrogen-bond donors (Lipinski definition) is 1. The van der Waals surface area contributed by atoms with E-state index in [9.17, 15) is 0 Å². The van der Waals surface area contributed by atoms with Crippen molar-refractivity contribution in [2.45, 2.75) is 52.7 Å². The number of nitrogens with one attached hydrogen (secondary N) is 1. The van der Waals surface area contributed by atoms with Crippen LogP contribution in [0.25, 0.3) is 0 Å². The minimum Gasteiger partial charge on any atom is -0.462 e. The molecule has 0 radical (unpaired) electrons. The Balaban J connectivity index is 2.63. The van der Waals surface area contributed by atoms with Gasteiger partial charge in [-0.15, -0.1) is 0 Å². The molecule has 0 aliphatic carbocycles. The van der Waals surface area contributed by atoms with Gasteiger partial charge in [-0.3, -0.25) is 0 Å². The van der Waals surface area contributed by atoms with Gasteiger partial charge in [-0.2, -0.15) is 0 Å². The third kappa shape index (κ3) is 5.06. The normalized spacial score (nSPS) is 12.2. The summed E-state index contributed by atoms with van der Waals surface area (Å²) in [6.45, 7) is 11.8. The van der Waals surface area contributed by atoms with Crippen molar-refractivity contribution < 1.29 is 4.74 Å². The first-order valence-electron chi connectivity index (χ1n) is 7.08. The van der Waals surface area contributed by atoms with Gasteiger partial charge in [-0.05, 0) is 34.9 Å². The van der Waals surface area contributed by atoms with Gasteiger partial charge in [0.25, 0.3) is 0 Å². The lowest BCUT2D eigenvalue weighted by atomic mass is 10.1. The monoisotopic (exact) mass is 280 g/mol. The number of hydrogen-bond acceptors (Lipinski definition) is 5. The van der Waals surface area contributed by atoms with Gasteiger partial charge in [0.15, 0.2) is 0 Å². The Bertz CT molecular complexity index is 430. The molecule has 0 aliphatic heterocycles. The molecule has 0 fully saturated rings. The van der Waals surface area contributed by atoms with Crippen LogP contribution in [0.4, 0.5) is 0 Å². The van der Waals surface area contributed by atoms with E-state index in [1.54, 1.807) is 0 Å². The molecule has 0 unspecified atom stereocenters. The summed E-state index contributed by atoms with van der Waals surface area (Å²) in [7, 11) is 4.08. The maximum Gasteiger partial charge on any atom is 0.316 e. The van der Waals surface area contributed by atoms with Crippen molar-refractivity contribution in [1.82, 2.24) is 20.2 Å². The molecule has 1 rings (SSSR count). The molecule has 0 aromatic carbocycles. The van der Waals surface area contributed by atoms with Crippen LogP contribution in [0.2, 0.25) is 0 Å². The van der Waals surface area contributed by atoms with E-state index in [4.69, 9.17) is 4.74 Å². The molecule has 0 saturated heterocycles. The summed E-state index contributed by atoms with van der Waals surface area (Å²) < 4.78 is 5.71. The summed E-state index contributed by atoms with van der Waals surface area (Å²) in [6, 6.07) is 0.900. The second kappa shape index (κ2) is 6.99. The van der Waals surface area contributed by atoms with Crippen molar-refractivity contribution >= 4 is 0 Å². The van der Waals surface area contributed by atoms with Crippen LogP contribution in [0.15, 0.2) is 6.20 Å². The standard InChI is InChI=1S/C15H28N4O/c1-11(2)16-8-13-9-17-14(18-12(13)3)20-10-15(4,5)19(6)7/h9,11,16H,8,10H2,1-7H3. The van der Waals surface area contributed by atoms with E-state index in [0.29, 0.717) is 18.7 Å². The first-order valence-corrected chi connectivity index (χ1v) is 7.08. The lowest BCUT2D eigenvalue weighted by molar-refractivity contribution is 0.107. The highest BCUT2D eigenvalue weighted by molar-refractivity contribution is 5.17. The maximum atomic E-state index is 5.71. The van der Waals surface area contributed by atoms with Gasteiger partial charge in [-0.25, -0.2) is 9.97 Å². The Labute approximate surface area is 122 Å². The summed E-state index contributed by atoms with van der Waals surface area (Å²) in [5, 5.41) is 3.37. The quantitative estimate of drug-likeness (QED) is 0.828. The van der Waals surface area contributed by atoms with Gasteiger partial charge in [0.05, 0.1) is 0 Å². The summed E-state index contributed by atoms with van der Waals surface area (Å²) in [5.41, 5.74) is 2.03. The number of rotatable bonds is 7. The van der Waals surface area contributed by atoms with Gasteiger partial charge in [0.2, 0.25) is 0 Å². The summed E-state index contributed by atoms with van der Waals surface area (Å²) >= 11 is 0. The molecule has 0 bridgehead atoms. The van der Waals surface area contributed by atoms with Gasteiger partial charge in [-0.1, -0.05) is 13.8 Å². The van der Waals surface area contributed by atoms with Gasteiger partial charge < -0.3 is 15.0 Å². The average molecular weight is 280 g/mol. The van der Waals surface area contributed by atoms with E-state index in [1.165, 1.54) is 0 Å². The van der Waals surface area contributed by atoms with Crippen molar-refractivity contribution in [3.8, 4) is 6.01 Å². The number of ether oxygens (including phenoxy) is 1. The van der Waals surface area contributed by atoms with Crippen molar-refractivity contribution in [1.29, 1.82) is 0 Å². The molecule has 0 atom stereocenters. The van der Waals surface area contributed by atoms with Crippen molar-refractivity contribution in [2.24, 2.45) is 0 Å². The zero-order valence-corrected chi connectivity index (χ0v) is 13.8. The molecule has 1 aromatic heterocycles. The Morgan fingerprint density at radius 2 is 2.00 bits per heavy atom. The first-order chi connectivity index (χ1) is 9.22. The molecule has 0 aliphatic rings. The lowest BCUT2D eigenvalue weighted by Gasteiger charge is -2.31. The molecule has 1 heterocycles. The number of aryl methyl sites for hydroxylation is 1. The van der Waals surface area contributed by atoms with E-state index in [0.717, 1.165) is 17.8 Å². The minimum atomic E-state index is -0.0465. The van der Waals surface area contributed by atoms with E-state index in [-0.39, 0.29) is 5.54 Å². The van der Waals surface area contributed by atoms with Crippen molar-refractivity contribution in [3.05, 3.63) is 17.5 Å². The molecular formula is C15H28N4O. The van der Waals surface area contributed by atoms with Crippen LogP contribution in [-0.2, 0) is 6.54 Å². The van der Waals surface area contributed by atoms with Gasteiger partial charge in [0.1, 0.15) is 6.61 Å². The molecule has 0 saturated carbocycles. The SMILES string of the molecule is Cc1nc(OCC(C)(C)N(C)C)ncc1CNC(C)C. The van der Waals surface area contributed by atoms with Crippen molar-refractivity contribution in [3.63, 3.8) is 0 Å². The fraction of sp³-hybridized carbons (Fsp3) is 0.733. The average Bonchev–Trinajstić information content (AvgIpc) is 2.35. The molecule has 0 amide bonds. The van der Waals surface area contributed by atoms with Gasteiger partial charge in [0, 0.05) is 35.6 Å². The fourth-order valence-electron chi connectivity index (χ4n) is 1.40. The third-order valence-corrected chi connectivity index (χ3v) is 3.52. The Hall–Kier alpha value is -1.20. The highest BCUT2D eigenvalue weighted by atomic mass is 16.5. The third-order valence-electron chi connectivity index (χ3n) is 3.52. The van der Waals surface area contributed by atoms with Crippen LogP contribution in [0.5, 0.6) is 6.01 Å². The predicted octanol–water partition coefficient (Wildman–Crippen LogP) is 2.00. The molecule has 5 nitrogen and oxygen atoms in total.